The maximum atomic E-state index is 11.8. The quantitative estimate of drug-likeness (QED) is 0.679. The van der Waals surface area contributed by atoms with Crippen molar-refractivity contribution in [2.75, 3.05) is 0 Å². The molecule has 0 aliphatic rings. The van der Waals surface area contributed by atoms with E-state index in [9.17, 15) is 14.4 Å². The van der Waals surface area contributed by atoms with E-state index in [2.05, 4.69) is 5.32 Å². The molecule has 0 aliphatic carbocycles. The summed E-state index contributed by atoms with van der Waals surface area (Å²) in [4.78, 5) is 34.5. The van der Waals surface area contributed by atoms with Crippen molar-refractivity contribution in [2.45, 2.75) is 58.6 Å². The summed E-state index contributed by atoms with van der Waals surface area (Å²) in [5.74, 6) is -2.14. The summed E-state index contributed by atoms with van der Waals surface area (Å²) in [5.41, 5.74) is 2.90. The molecule has 0 bridgehead atoms. The number of ether oxygens (including phenoxy) is 1. The number of carboxylic acid groups (broad SMARTS) is 1. The van der Waals surface area contributed by atoms with Crippen LogP contribution in [0.5, 0.6) is 0 Å². The molecule has 0 heterocycles. The van der Waals surface area contributed by atoms with Crippen molar-refractivity contribution in [3.63, 3.8) is 0 Å². The molecule has 1 atom stereocenters. The van der Waals surface area contributed by atoms with E-state index in [0.29, 0.717) is 0 Å². The number of nitrogens with one attached hydrogen (secondary N) is 1. The van der Waals surface area contributed by atoms with Crippen molar-refractivity contribution < 1.29 is 24.2 Å². The van der Waals surface area contributed by atoms with Crippen LogP contribution in [0.4, 0.5) is 4.79 Å². The molecular formula is C13H24N2O5. The molecule has 0 saturated carbocycles. The van der Waals surface area contributed by atoms with Crippen LogP contribution in [0.15, 0.2) is 0 Å². The average molecular weight is 288 g/mol. The van der Waals surface area contributed by atoms with Gasteiger partial charge in [-0.3, -0.25) is 9.59 Å². The number of carbonyl (C=O) groups is 3. The lowest BCUT2D eigenvalue weighted by Crippen LogP contribution is -2.60. The van der Waals surface area contributed by atoms with Gasteiger partial charge in [-0.1, -0.05) is 13.8 Å². The summed E-state index contributed by atoms with van der Waals surface area (Å²) < 4.78 is 5.06. The Morgan fingerprint density at radius 1 is 1.25 bits per heavy atom. The van der Waals surface area contributed by atoms with Crippen molar-refractivity contribution in [2.24, 2.45) is 11.7 Å². The summed E-state index contributed by atoms with van der Waals surface area (Å²) >= 11 is 0. The largest absolute Gasteiger partial charge is 0.481 e. The molecule has 4 N–H and O–H groups in total. The summed E-state index contributed by atoms with van der Waals surface area (Å²) in [6.07, 6.45) is -1.33. The third-order valence-corrected chi connectivity index (χ3v) is 2.42. The first-order valence-corrected chi connectivity index (χ1v) is 6.41. The van der Waals surface area contributed by atoms with Gasteiger partial charge in [-0.15, -0.1) is 0 Å². The Labute approximate surface area is 118 Å². The lowest BCUT2D eigenvalue weighted by atomic mass is 9.85. The van der Waals surface area contributed by atoms with Gasteiger partial charge in [0.2, 0.25) is 5.91 Å². The van der Waals surface area contributed by atoms with Crippen LogP contribution in [0, 0.1) is 5.92 Å². The van der Waals surface area contributed by atoms with Gasteiger partial charge in [0.05, 0.1) is 6.42 Å². The summed E-state index contributed by atoms with van der Waals surface area (Å²) in [7, 11) is 0. The van der Waals surface area contributed by atoms with Crippen LogP contribution in [0.25, 0.3) is 0 Å². The molecule has 0 aromatic carbocycles. The van der Waals surface area contributed by atoms with Gasteiger partial charge >= 0.3 is 12.1 Å². The standard InChI is InChI=1S/C13H24N2O5/c1-8(2)6-13(10(14)18,7-9(16)17)15-11(19)20-12(3,4)5/h8H,6-7H2,1-5H3,(H2,14,18)(H,15,19)(H,16,17)/t13-/m1/s1. The van der Waals surface area contributed by atoms with Gasteiger partial charge in [0.15, 0.2) is 0 Å². The Bertz CT molecular complexity index is 387. The number of hydrogen-bond donors (Lipinski definition) is 3. The van der Waals surface area contributed by atoms with Crippen molar-refractivity contribution in [3.8, 4) is 0 Å². The second kappa shape index (κ2) is 6.58. The summed E-state index contributed by atoms with van der Waals surface area (Å²) in [5, 5.41) is 11.3. The fraction of sp³-hybridized carbons (Fsp3) is 0.769. The SMILES string of the molecule is CC(C)C[C@](CC(=O)O)(NC(=O)OC(C)(C)C)C(N)=O. The molecule has 0 aromatic rings. The van der Waals surface area contributed by atoms with E-state index < -0.39 is 35.5 Å². The topological polar surface area (TPSA) is 119 Å². The molecular weight excluding hydrogens is 264 g/mol. The predicted octanol–water partition coefficient (Wildman–Crippen LogP) is 1.26. The molecule has 0 spiro atoms. The van der Waals surface area contributed by atoms with Crippen LogP contribution in [0.2, 0.25) is 0 Å². The molecule has 0 unspecified atom stereocenters. The number of carboxylic acids is 1. The highest BCUT2D eigenvalue weighted by Gasteiger charge is 2.42. The van der Waals surface area contributed by atoms with E-state index in [1.165, 1.54) is 0 Å². The van der Waals surface area contributed by atoms with Crippen LogP contribution < -0.4 is 11.1 Å². The first kappa shape index (κ1) is 18.2. The Kier molecular flexibility index (Phi) is 5.99. The van der Waals surface area contributed by atoms with E-state index in [4.69, 9.17) is 15.6 Å². The smallest absolute Gasteiger partial charge is 0.408 e. The zero-order chi connectivity index (χ0) is 16.1. The number of rotatable bonds is 6. The molecule has 7 nitrogen and oxygen atoms in total. The van der Waals surface area contributed by atoms with Gasteiger partial charge in [-0.05, 0) is 33.1 Å². The minimum absolute atomic E-state index is 0.0308. The Morgan fingerprint density at radius 3 is 2.05 bits per heavy atom. The van der Waals surface area contributed by atoms with E-state index in [1.54, 1.807) is 34.6 Å². The Balaban J connectivity index is 5.23. The van der Waals surface area contributed by atoms with Crippen molar-refractivity contribution >= 4 is 18.0 Å². The van der Waals surface area contributed by atoms with E-state index in [1.807, 2.05) is 0 Å². The molecule has 0 aliphatic heterocycles. The molecule has 20 heavy (non-hydrogen) atoms. The van der Waals surface area contributed by atoms with Gasteiger partial charge in [0.1, 0.15) is 11.1 Å². The minimum Gasteiger partial charge on any atom is -0.481 e. The molecule has 0 saturated heterocycles. The first-order valence-electron chi connectivity index (χ1n) is 6.41. The van der Waals surface area contributed by atoms with E-state index in [-0.39, 0.29) is 12.3 Å². The van der Waals surface area contributed by atoms with Gasteiger partial charge in [0.25, 0.3) is 0 Å². The average Bonchev–Trinajstić information content (AvgIpc) is 2.10. The number of aliphatic carboxylic acids is 1. The van der Waals surface area contributed by atoms with Crippen LogP contribution in [0.3, 0.4) is 0 Å². The number of primary amides is 1. The van der Waals surface area contributed by atoms with Gasteiger partial charge in [-0.2, -0.15) is 0 Å². The second-order valence-electron chi connectivity index (χ2n) is 6.24. The zero-order valence-electron chi connectivity index (χ0n) is 12.6. The second-order valence-corrected chi connectivity index (χ2v) is 6.24. The minimum atomic E-state index is -1.65. The highest BCUT2D eigenvalue weighted by Crippen LogP contribution is 2.22. The van der Waals surface area contributed by atoms with Crippen LogP contribution in [-0.4, -0.2) is 34.2 Å². The number of nitrogens with two attached hydrogens (primary N) is 1. The van der Waals surface area contributed by atoms with E-state index in [0.717, 1.165) is 0 Å². The van der Waals surface area contributed by atoms with Crippen LogP contribution >= 0.6 is 0 Å². The molecule has 2 amide bonds. The fourth-order valence-electron chi connectivity index (χ4n) is 1.87. The van der Waals surface area contributed by atoms with Crippen LogP contribution in [0.1, 0.15) is 47.5 Å². The lowest BCUT2D eigenvalue weighted by Gasteiger charge is -2.32. The molecule has 0 radical (unpaired) electrons. The highest BCUT2D eigenvalue weighted by molar-refractivity contribution is 5.92. The molecule has 0 rings (SSSR count). The van der Waals surface area contributed by atoms with Gasteiger partial charge in [-0.25, -0.2) is 4.79 Å². The van der Waals surface area contributed by atoms with Gasteiger partial charge < -0.3 is 20.9 Å². The predicted molar refractivity (Wildman–Crippen MR) is 73.0 cm³/mol. The Morgan fingerprint density at radius 2 is 1.75 bits per heavy atom. The highest BCUT2D eigenvalue weighted by atomic mass is 16.6. The number of alkyl carbamates (subject to hydrolysis) is 1. The molecule has 0 aromatic heterocycles. The number of amides is 2. The molecule has 7 heteroatoms. The monoisotopic (exact) mass is 288 g/mol. The number of carbonyl (C=O) groups excluding carboxylic acids is 2. The molecule has 116 valence electrons. The normalized spacial score (nSPS) is 14.5. The summed E-state index contributed by atoms with van der Waals surface area (Å²) in [6, 6.07) is 0. The Hall–Kier alpha value is -1.79. The van der Waals surface area contributed by atoms with E-state index >= 15 is 0 Å². The summed E-state index contributed by atoms with van der Waals surface area (Å²) in [6.45, 7) is 8.60. The van der Waals surface area contributed by atoms with Crippen molar-refractivity contribution in [1.29, 1.82) is 0 Å². The van der Waals surface area contributed by atoms with Crippen molar-refractivity contribution in [3.05, 3.63) is 0 Å². The number of hydrogen-bond acceptors (Lipinski definition) is 4. The van der Waals surface area contributed by atoms with Crippen LogP contribution in [-0.2, 0) is 14.3 Å². The third-order valence-electron chi connectivity index (χ3n) is 2.42. The maximum absolute atomic E-state index is 11.8. The molecule has 0 fully saturated rings. The maximum Gasteiger partial charge on any atom is 0.408 e. The zero-order valence-corrected chi connectivity index (χ0v) is 12.6. The lowest BCUT2D eigenvalue weighted by molar-refractivity contribution is -0.142. The van der Waals surface area contributed by atoms with Crippen molar-refractivity contribution in [1.82, 2.24) is 5.32 Å². The fourth-order valence-corrected chi connectivity index (χ4v) is 1.87. The third kappa shape index (κ3) is 6.40. The first-order chi connectivity index (χ1) is 8.88. The van der Waals surface area contributed by atoms with Gasteiger partial charge in [0, 0.05) is 0 Å².